The van der Waals surface area contributed by atoms with Crippen LogP contribution in [-0.2, 0) is 4.79 Å². The quantitative estimate of drug-likeness (QED) is 0.683. The lowest BCUT2D eigenvalue weighted by Gasteiger charge is -2.09. The minimum atomic E-state index is -0.123. The van der Waals surface area contributed by atoms with Gasteiger partial charge < -0.3 is 10.1 Å². The first-order valence-corrected chi connectivity index (χ1v) is 6.38. The predicted molar refractivity (Wildman–Crippen MR) is 81.4 cm³/mol. The molecular weight excluding hydrogens is 250 g/mol. The number of likely N-dealkylation sites (N-methyl/N-ethyl adjacent to an activating group) is 1. The SMILES string of the molecule is CNC(=O)/C(=C\c1ccccc1OC)c1ccccc1. The summed E-state index contributed by atoms with van der Waals surface area (Å²) >= 11 is 0. The number of hydrogen-bond acceptors (Lipinski definition) is 2. The third-order valence-corrected chi connectivity index (χ3v) is 3.00. The Balaban J connectivity index is 2.52. The number of hydrogen-bond donors (Lipinski definition) is 1. The number of carbonyl (C=O) groups excluding carboxylic acids is 1. The molecular formula is C17H17NO2. The molecule has 0 aliphatic carbocycles. The number of methoxy groups -OCH3 is 1. The summed E-state index contributed by atoms with van der Waals surface area (Å²) in [6.07, 6.45) is 1.84. The monoisotopic (exact) mass is 267 g/mol. The predicted octanol–water partition coefficient (Wildman–Crippen LogP) is 2.98. The molecule has 0 heterocycles. The van der Waals surface area contributed by atoms with Crippen molar-refractivity contribution in [3.05, 3.63) is 65.7 Å². The lowest BCUT2D eigenvalue weighted by molar-refractivity contribution is -0.115. The summed E-state index contributed by atoms with van der Waals surface area (Å²) in [5, 5.41) is 2.67. The van der Waals surface area contributed by atoms with Gasteiger partial charge in [-0.3, -0.25) is 4.79 Å². The minimum absolute atomic E-state index is 0.123. The molecule has 0 fully saturated rings. The van der Waals surface area contributed by atoms with E-state index in [1.54, 1.807) is 14.2 Å². The van der Waals surface area contributed by atoms with E-state index >= 15 is 0 Å². The number of nitrogens with one attached hydrogen (secondary N) is 1. The van der Waals surface area contributed by atoms with E-state index in [2.05, 4.69) is 5.32 Å². The van der Waals surface area contributed by atoms with Gasteiger partial charge in [-0.1, -0.05) is 48.5 Å². The van der Waals surface area contributed by atoms with Gasteiger partial charge in [-0.15, -0.1) is 0 Å². The van der Waals surface area contributed by atoms with Crippen molar-refractivity contribution in [2.24, 2.45) is 0 Å². The van der Waals surface area contributed by atoms with E-state index in [1.807, 2.05) is 60.7 Å². The van der Waals surface area contributed by atoms with Gasteiger partial charge in [-0.25, -0.2) is 0 Å². The van der Waals surface area contributed by atoms with Crippen molar-refractivity contribution in [3.8, 4) is 5.75 Å². The van der Waals surface area contributed by atoms with Crippen LogP contribution in [0.1, 0.15) is 11.1 Å². The van der Waals surface area contributed by atoms with E-state index in [0.717, 1.165) is 16.9 Å². The molecule has 3 heteroatoms. The highest BCUT2D eigenvalue weighted by molar-refractivity contribution is 6.24. The molecule has 3 nitrogen and oxygen atoms in total. The molecule has 0 aliphatic rings. The molecule has 0 atom stereocenters. The number of ether oxygens (including phenoxy) is 1. The van der Waals surface area contributed by atoms with Crippen LogP contribution in [0.25, 0.3) is 11.6 Å². The van der Waals surface area contributed by atoms with Crippen LogP contribution in [0.4, 0.5) is 0 Å². The number of para-hydroxylation sites is 1. The fourth-order valence-corrected chi connectivity index (χ4v) is 1.97. The third-order valence-electron chi connectivity index (χ3n) is 3.00. The first-order chi connectivity index (χ1) is 9.76. The average Bonchev–Trinajstić information content (AvgIpc) is 2.53. The Bertz CT molecular complexity index is 618. The summed E-state index contributed by atoms with van der Waals surface area (Å²) in [5.41, 5.74) is 2.35. The summed E-state index contributed by atoms with van der Waals surface area (Å²) in [6.45, 7) is 0. The van der Waals surface area contributed by atoms with Crippen LogP contribution in [-0.4, -0.2) is 20.1 Å². The summed E-state index contributed by atoms with van der Waals surface area (Å²) in [4.78, 5) is 12.1. The van der Waals surface area contributed by atoms with Gasteiger partial charge in [-0.2, -0.15) is 0 Å². The second-order valence-corrected chi connectivity index (χ2v) is 4.25. The number of carbonyl (C=O) groups is 1. The zero-order valence-corrected chi connectivity index (χ0v) is 11.6. The summed E-state index contributed by atoms with van der Waals surface area (Å²) in [5.74, 6) is 0.618. The number of amides is 1. The van der Waals surface area contributed by atoms with Crippen molar-refractivity contribution >= 4 is 17.6 Å². The topological polar surface area (TPSA) is 38.3 Å². The van der Waals surface area contributed by atoms with Crippen molar-refractivity contribution in [2.75, 3.05) is 14.2 Å². The van der Waals surface area contributed by atoms with Gasteiger partial charge in [0.05, 0.1) is 7.11 Å². The van der Waals surface area contributed by atoms with Gasteiger partial charge >= 0.3 is 0 Å². The van der Waals surface area contributed by atoms with Crippen LogP contribution in [0.2, 0.25) is 0 Å². The van der Waals surface area contributed by atoms with Gasteiger partial charge in [0, 0.05) is 18.2 Å². The van der Waals surface area contributed by atoms with Gasteiger partial charge in [0.1, 0.15) is 5.75 Å². The first kappa shape index (κ1) is 13.9. The Hall–Kier alpha value is -2.55. The Kier molecular flexibility index (Phi) is 4.56. The molecule has 20 heavy (non-hydrogen) atoms. The van der Waals surface area contributed by atoms with Gasteiger partial charge in [0.25, 0.3) is 5.91 Å². The number of rotatable bonds is 4. The molecule has 2 aromatic carbocycles. The molecule has 2 aromatic rings. The van der Waals surface area contributed by atoms with E-state index < -0.39 is 0 Å². The second-order valence-electron chi connectivity index (χ2n) is 4.25. The van der Waals surface area contributed by atoms with E-state index in [9.17, 15) is 4.79 Å². The van der Waals surface area contributed by atoms with Crippen LogP contribution < -0.4 is 10.1 Å². The van der Waals surface area contributed by atoms with Crippen LogP contribution in [0.5, 0.6) is 5.75 Å². The minimum Gasteiger partial charge on any atom is -0.496 e. The van der Waals surface area contributed by atoms with E-state index in [0.29, 0.717) is 5.57 Å². The lowest BCUT2D eigenvalue weighted by atomic mass is 10.0. The fourth-order valence-electron chi connectivity index (χ4n) is 1.97. The van der Waals surface area contributed by atoms with Crippen LogP contribution >= 0.6 is 0 Å². The van der Waals surface area contributed by atoms with Crippen LogP contribution in [0.3, 0.4) is 0 Å². The molecule has 1 N–H and O–H groups in total. The molecule has 2 rings (SSSR count). The van der Waals surface area contributed by atoms with Gasteiger partial charge in [-0.05, 0) is 17.7 Å². The molecule has 0 bridgehead atoms. The fraction of sp³-hybridized carbons (Fsp3) is 0.118. The molecule has 0 spiro atoms. The Morgan fingerprint density at radius 1 is 1.05 bits per heavy atom. The van der Waals surface area contributed by atoms with E-state index in [1.165, 1.54) is 0 Å². The third kappa shape index (κ3) is 3.06. The number of benzene rings is 2. The molecule has 0 saturated carbocycles. The zero-order valence-electron chi connectivity index (χ0n) is 11.6. The summed E-state index contributed by atoms with van der Waals surface area (Å²) in [7, 11) is 3.25. The summed E-state index contributed by atoms with van der Waals surface area (Å²) in [6, 6.07) is 17.2. The zero-order chi connectivity index (χ0) is 14.4. The molecule has 0 radical (unpaired) electrons. The molecule has 0 aromatic heterocycles. The maximum atomic E-state index is 12.1. The van der Waals surface area contributed by atoms with Crippen molar-refractivity contribution in [1.29, 1.82) is 0 Å². The van der Waals surface area contributed by atoms with Crippen molar-refractivity contribution < 1.29 is 9.53 Å². The maximum absolute atomic E-state index is 12.1. The smallest absolute Gasteiger partial charge is 0.251 e. The van der Waals surface area contributed by atoms with Crippen molar-refractivity contribution in [1.82, 2.24) is 5.32 Å². The Labute approximate surface area is 118 Å². The summed E-state index contributed by atoms with van der Waals surface area (Å²) < 4.78 is 5.32. The molecule has 102 valence electrons. The molecule has 0 saturated heterocycles. The Morgan fingerprint density at radius 3 is 2.35 bits per heavy atom. The van der Waals surface area contributed by atoms with Crippen molar-refractivity contribution in [2.45, 2.75) is 0 Å². The van der Waals surface area contributed by atoms with Gasteiger partial charge in [0.2, 0.25) is 0 Å². The normalized spacial score (nSPS) is 11.0. The van der Waals surface area contributed by atoms with E-state index in [4.69, 9.17) is 4.74 Å². The van der Waals surface area contributed by atoms with E-state index in [-0.39, 0.29) is 5.91 Å². The van der Waals surface area contributed by atoms with Crippen LogP contribution in [0, 0.1) is 0 Å². The highest BCUT2D eigenvalue weighted by atomic mass is 16.5. The maximum Gasteiger partial charge on any atom is 0.251 e. The standard InChI is InChI=1S/C17H17NO2/c1-18-17(19)15(13-8-4-3-5-9-13)12-14-10-6-7-11-16(14)20-2/h3-12H,1-2H3,(H,18,19)/b15-12-. The van der Waals surface area contributed by atoms with Crippen LogP contribution in [0.15, 0.2) is 54.6 Å². The largest absolute Gasteiger partial charge is 0.496 e. The van der Waals surface area contributed by atoms with Gasteiger partial charge in [0.15, 0.2) is 0 Å². The first-order valence-electron chi connectivity index (χ1n) is 6.38. The highest BCUT2D eigenvalue weighted by Crippen LogP contribution is 2.24. The second kappa shape index (κ2) is 6.57. The molecule has 0 aliphatic heterocycles. The average molecular weight is 267 g/mol. The Morgan fingerprint density at radius 2 is 1.70 bits per heavy atom. The molecule has 1 amide bonds. The lowest BCUT2D eigenvalue weighted by Crippen LogP contribution is -2.19. The van der Waals surface area contributed by atoms with Crippen molar-refractivity contribution in [3.63, 3.8) is 0 Å². The molecule has 0 unspecified atom stereocenters. The highest BCUT2D eigenvalue weighted by Gasteiger charge is 2.11.